The molecule has 136 valence electrons. The predicted molar refractivity (Wildman–Crippen MR) is 102 cm³/mol. The lowest BCUT2D eigenvalue weighted by atomic mass is 10.1. The molecule has 8 heteroatoms. The van der Waals surface area contributed by atoms with Gasteiger partial charge >= 0.3 is 0 Å². The summed E-state index contributed by atoms with van der Waals surface area (Å²) in [6.07, 6.45) is 1.76. The number of ether oxygens (including phenoxy) is 2. The fourth-order valence-electron chi connectivity index (χ4n) is 2.76. The molecule has 0 saturated heterocycles. The molecule has 26 heavy (non-hydrogen) atoms. The average Bonchev–Trinajstić information content (AvgIpc) is 2.61. The van der Waals surface area contributed by atoms with Gasteiger partial charge in [-0.05, 0) is 37.1 Å². The molecule has 0 bridgehead atoms. The topological polar surface area (TPSA) is 121 Å². The lowest BCUT2D eigenvalue weighted by Crippen LogP contribution is -2.08. The largest absolute Gasteiger partial charge is 0.497 e. The van der Waals surface area contributed by atoms with E-state index in [1.165, 1.54) is 0 Å². The highest BCUT2D eigenvalue weighted by molar-refractivity contribution is 5.90. The second kappa shape index (κ2) is 7.30. The number of anilines is 3. The van der Waals surface area contributed by atoms with Crippen molar-refractivity contribution >= 4 is 28.5 Å². The number of aryl methyl sites for hydroxylation is 1. The van der Waals surface area contributed by atoms with Crippen LogP contribution in [0.25, 0.3) is 11.0 Å². The minimum absolute atomic E-state index is 0.116. The highest BCUT2D eigenvalue weighted by Crippen LogP contribution is 2.30. The first-order valence-corrected chi connectivity index (χ1v) is 8.25. The zero-order valence-corrected chi connectivity index (χ0v) is 15.0. The molecule has 0 aliphatic heterocycles. The fourth-order valence-corrected chi connectivity index (χ4v) is 2.76. The summed E-state index contributed by atoms with van der Waals surface area (Å²) in [4.78, 5) is 12.5. The Kier molecular flexibility index (Phi) is 4.92. The molecule has 0 saturated carbocycles. The van der Waals surface area contributed by atoms with Crippen LogP contribution in [0.15, 0.2) is 24.4 Å². The van der Waals surface area contributed by atoms with E-state index in [0.29, 0.717) is 30.0 Å². The number of rotatable bonds is 6. The number of nitrogens with one attached hydrogen (secondary N) is 1. The van der Waals surface area contributed by atoms with Crippen molar-refractivity contribution in [2.24, 2.45) is 0 Å². The third-order valence-corrected chi connectivity index (χ3v) is 4.09. The van der Waals surface area contributed by atoms with Crippen molar-refractivity contribution in [3.05, 3.63) is 35.5 Å². The SMILES string of the molecule is CCOc1ccc(OC)cc1NCc1cnc2nc(N)nc(N)c2c1C. The van der Waals surface area contributed by atoms with Crippen LogP contribution in [0, 0.1) is 6.92 Å². The highest BCUT2D eigenvalue weighted by atomic mass is 16.5. The van der Waals surface area contributed by atoms with Crippen LogP contribution in [-0.4, -0.2) is 28.7 Å². The average molecular weight is 354 g/mol. The summed E-state index contributed by atoms with van der Waals surface area (Å²) in [6.45, 7) is 5.02. The van der Waals surface area contributed by atoms with E-state index in [-0.39, 0.29) is 5.95 Å². The standard InChI is InChI=1S/C18H22N6O2/c1-4-26-14-6-5-12(25-3)7-13(14)21-8-11-9-22-17-15(10(11)2)16(19)23-18(20)24-17/h5-7,9,21H,4,8H2,1-3H3,(H4,19,20,22,23,24). The lowest BCUT2D eigenvalue weighted by Gasteiger charge is -2.15. The van der Waals surface area contributed by atoms with E-state index < -0.39 is 0 Å². The Balaban J connectivity index is 1.92. The van der Waals surface area contributed by atoms with Gasteiger partial charge in [0.1, 0.15) is 17.3 Å². The van der Waals surface area contributed by atoms with Gasteiger partial charge in [-0.1, -0.05) is 0 Å². The lowest BCUT2D eigenvalue weighted by molar-refractivity contribution is 0.340. The van der Waals surface area contributed by atoms with Gasteiger partial charge in [-0.2, -0.15) is 9.97 Å². The van der Waals surface area contributed by atoms with Gasteiger partial charge in [-0.3, -0.25) is 0 Å². The third kappa shape index (κ3) is 3.39. The van der Waals surface area contributed by atoms with Crippen LogP contribution in [0.5, 0.6) is 11.5 Å². The summed E-state index contributed by atoms with van der Waals surface area (Å²) in [5.41, 5.74) is 14.9. The number of hydrogen-bond donors (Lipinski definition) is 3. The molecular formula is C18H22N6O2. The zero-order chi connectivity index (χ0) is 18.7. The Bertz CT molecular complexity index is 945. The van der Waals surface area contributed by atoms with Crippen LogP contribution in [0.2, 0.25) is 0 Å². The Hall–Kier alpha value is -3.29. The normalized spacial score (nSPS) is 10.7. The van der Waals surface area contributed by atoms with Gasteiger partial charge in [0.25, 0.3) is 0 Å². The molecule has 0 unspecified atom stereocenters. The smallest absolute Gasteiger partial charge is 0.224 e. The number of nitrogens with two attached hydrogens (primary N) is 2. The molecule has 0 spiro atoms. The molecule has 0 aliphatic carbocycles. The molecule has 0 fully saturated rings. The number of nitrogens with zero attached hydrogens (tertiary/aromatic N) is 3. The quantitative estimate of drug-likeness (QED) is 0.617. The summed E-state index contributed by atoms with van der Waals surface area (Å²) >= 11 is 0. The van der Waals surface area contributed by atoms with Gasteiger partial charge in [0.05, 0.1) is 24.8 Å². The molecule has 1 aromatic carbocycles. The summed E-state index contributed by atoms with van der Waals surface area (Å²) in [7, 11) is 1.63. The third-order valence-electron chi connectivity index (χ3n) is 4.09. The predicted octanol–water partition coefficient (Wildman–Crippen LogP) is 2.52. The molecule has 0 radical (unpaired) electrons. The summed E-state index contributed by atoms with van der Waals surface area (Å²) < 4.78 is 11.0. The van der Waals surface area contributed by atoms with E-state index in [0.717, 1.165) is 28.3 Å². The zero-order valence-electron chi connectivity index (χ0n) is 15.0. The van der Waals surface area contributed by atoms with Gasteiger partial charge < -0.3 is 26.3 Å². The maximum Gasteiger partial charge on any atom is 0.224 e. The van der Waals surface area contributed by atoms with Crippen LogP contribution in [0.3, 0.4) is 0 Å². The molecule has 8 nitrogen and oxygen atoms in total. The van der Waals surface area contributed by atoms with Gasteiger partial charge in [-0.15, -0.1) is 0 Å². The number of pyridine rings is 1. The molecule has 0 amide bonds. The molecule has 2 aromatic heterocycles. The van der Waals surface area contributed by atoms with Gasteiger partial charge in [0.15, 0.2) is 5.65 Å². The number of fused-ring (bicyclic) bond motifs is 1. The van der Waals surface area contributed by atoms with Crippen molar-refractivity contribution in [2.45, 2.75) is 20.4 Å². The summed E-state index contributed by atoms with van der Waals surface area (Å²) in [6, 6.07) is 5.64. The number of nitrogen functional groups attached to an aromatic ring is 2. The van der Waals surface area contributed by atoms with E-state index in [1.54, 1.807) is 13.3 Å². The summed E-state index contributed by atoms with van der Waals surface area (Å²) in [5, 5.41) is 4.09. The van der Waals surface area contributed by atoms with E-state index >= 15 is 0 Å². The van der Waals surface area contributed by atoms with Crippen LogP contribution < -0.4 is 26.3 Å². The van der Waals surface area contributed by atoms with Crippen molar-refractivity contribution in [2.75, 3.05) is 30.5 Å². The van der Waals surface area contributed by atoms with E-state index in [9.17, 15) is 0 Å². The first kappa shape index (κ1) is 17.5. The van der Waals surface area contributed by atoms with E-state index in [2.05, 4.69) is 20.3 Å². The monoisotopic (exact) mass is 354 g/mol. The summed E-state index contributed by atoms with van der Waals surface area (Å²) in [5.74, 6) is 1.95. The van der Waals surface area contributed by atoms with Crippen molar-refractivity contribution < 1.29 is 9.47 Å². The molecule has 5 N–H and O–H groups in total. The maximum atomic E-state index is 6.01. The van der Waals surface area contributed by atoms with Gasteiger partial charge in [0.2, 0.25) is 5.95 Å². The number of methoxy groups -OCH3 is 1. The molecule has 3 rings (SSSR count). The van der Waals surface area contributed by atoms with Gasteiger partial charge in [0, 0.05) is 18.8 Å². The van der Waals surface area contributed by atoms with E-state index in [1.807, 2.05) is 32.0 Å². The van der Waals surface area contributed by atoms with Crippen molar-refractivity contribution in [3.63, 3.8) is 0 Å². The molecule has 2 heterocycles. The number of hydrogen-bond acceptors (Lipinski definition) is 8. The van der Waals surface area contributed by atoms with Crippen LogP contribution in [0.4, 0.5) is 17.5 Å². The van der Waals surface area contributed by atoms with Crippen LogP contribution in [-0.2, 0) is 6.54 Å². The van der Waals surface area contributed by atoms with Crippen molar-refractivity contribution in [1.82, 2.24) is 15.0 Å². The van der Waals surface area contributed by atoms with Crippen LogP contribution in [0.1, 0.15) is 18.1 Å². The first-order chi connectivity index (χ1) is 12.5. The molecular weight excluding hydrogens is 332 g/mol. The van der Waals surface area contributed by atoms with Gasteiger partial charge in [-0.25, -0.2) is 4.98 Å². The maximum absolute atomic E-state index is 6.01. The Labute approximate surface area is 151 Å². The number of aromatic nitrogens is 3. The minimum atomic E-state index is 0.116. The Morgan fingerprint density at radius 1 is 1.19 bits per heavy atom. The van der Waals surface area contributed by atoms with Crippen molar-refractivity contribution in [3.8, 4) is 11.5 Å². The van der Waals surface area contributed by atoms with E-state index in [4.69, 9.17) is 20.9 Å². The highest BCUT2D eigenvalue weighted by Gasteiger charge is 2.12. The van der Waals surface area contributed by atoms with Crippen molar-refractivity contribution in [1.29, 1.82) is 0 Å². The molecule has 0 aliphatic rings. The van der Waals surface area contributed by atoms with Crippen LogP contribution >= 0.6 is 0 Å². The second-order valence-corrected chi connectivity index (χ2v) is 5.72. The Morgan fingerprint density at radius 3 is 2.73 bits per heavy atom. The first-order valence-electron chi connectivity index (χ1n) is 8.25. The fraction of sp³-hybridized carbons (Fsp3) is 0.278. The second-order valence-electron chi connectivity index (χ2n) is 5.72. The number of benzene rings is 1. The Morgan fingerprint density at radius 2 is 2.00 bits per heavy atom. The minimum Gasteiger partial charge on any atom is -0.497 e. The molecule has 0 atom stereocenters. The molecule has 3 aromatic rings.